The minimum Gasteiger partial charge on any atom is -0.481 e. The number of fused-ring (bicyclic) bond motifs is 1. The molecule has 1 aromatic carbocycles. The Balaban J connectivity index is 1.63. The predicted octanol–water partition coefficient (Wildman–Crippen LogP) is 3.96. The van der Waals surface area contributed by atoms with E-state index in [-0.39, 0.29) is 12.5 Å². The van der Waals surface area contributed by atoms with Gasteiger partial charge in [0.25, 0.3) is 5.91 Å². The number of nitrogens with zero attached hydrogens (tertiary/aromatic N) is 3. The van der Waals surface area contributed by atoms with Gasteiger partial charge in [-0.2, -0.15) is 0 Å². The van der Waals surface area contributed by atoms with Crippen molar-refractivity contribution in [3.8, 4) is 5.75 Å². The zero-order valence-corrected chi connectivity index (χ0v) is 15.4. The van der Waals surface area contributed by atoms with Crippen LogP contribution in [-0.2, 0) is 11.2 Å². The van der Waals surface area contributed by atoms with Gasteiger partial charge in [-0.15, -0.1) is 10.2 Å². The summed E-state index contributed by atoms with van der Waals surface area (Å²) in [5.74, 6) is 0.699. The first kappa shape index (κ1) is 17.6. The van der Waals surface area contributed by atoms with Gasteiger partial charge in [0.2, 0.25) is 5.13 Å². The highest BCUT2D eigenvalue weighted by molar-refractivity contribution is 7.15. The van der Waals surface area contributed by atoms with Crippen LogP contribution in [0.15, 0.2) is 30.5 Å². The second-order valence-corrected chi connectivity index (χ2v) is 7.35. The van der Waals surface area contributed by atoms with Crippen molar-refractivity contribution in [2.45, 2.75) is 20.3 Å². The molecule has 0 bridgehead atoms. The summed E-state index contributed by atoms with van der Waals surface area (Å²) in [5, 5.41) is 13.5. The number of hydrogen-bond donors (Lipinski definition) is 1. The van der Waals surface area contributed by atoms with E-state index in [0.29, 0.717) is 27.3 Å². The monoisotopic (exact) mass is 376 g/mol. The van der Waals surface area contributed by atoms with Gasteiger partial charge < -0.3 is 4.74 Å². The van der Waals surface area contributed by atoms with Crippen LogP contribution in [0.5, 0.6) is 5.75 Å². The van der Waals surface area contributed by atoms with Gasteiger partial charge in [0, 0.05) is 18.0 Å². The van der Waals surface area contributed by atoms with E-state index in [1.165, 1.54) is 11.3 Å². The highest BCUT2D eigenvalue weighted by Gasteiger charge is 2.12. The third-order valence-electron chi connectivity index (χ3n) is 3.33. The second kappa shape index (κ2) is 7.76. The van der Waals surface area contributed by atoms with Crippen LogP contribution in [0.1, 0.15) is 18.9 Å². The first-order valence-electron chi connectivity index (χ1n) is 7.81. The molecule has 0 aliphatic carbocycles. The molecule has 0 aliphatic heterocycles. The Bertz CT molecular complexity index is 897. The molecule has 0 spiro atoms. The smallest absolute Gasteiger partial charge is 0.264 e. The highest BCUT2D eigenvalue weighted by Crippen LogP contribution is 2.29. The van der Waals surface area contributed by atoms with Gasteiger partial charge in [-0.3, -0.25) is 15.1 Å². The van der Waals surface area contributed by atoms with Crippen LogP contribution in [0.25, 0.3) is 10.9 Å². The Hall–Kier alpha value is -2.25. The van der Waals surface area contributed by atoms with Crippen LogP contribution in [0.2, 0.25) is 5.02 Å². The lowest BCUT2D eigenvalue weighted by atomic mass is 10.1. The molecule has 2 heterocycles. The minimum atomic E-state index is -0.300. The van der Waals surface area contributed by atoms with Crippen molar-refractivity contribution in [1.82, 2.24) is 15.2 Å². The summed E-state index contributed by atoms with van der Waals surface area (Å²) < 4.78 is 5.60. The fourth-order valence-electron chi connectivity index (χ4n) is 2.26. The SMILES string of the molecule is CC(C)Cc1nnc(NC(=O)COc2ccc(Cl)c3cccnc23)s1. The van der Waals surface area contributed by atoms with Gasteiger partial charge in [-0.05, 0) is 30.2 Å². The van der Waals surface area contributed by atoms with Crippen molar-refractivity contribution in [3.63, 3.8) is 0 Å². The molecule has 0 saturated heterocycles. The Kier molecular flexibility index (Phi) is 5.45. The van der Waals surface area contributed by atoms with Crippen molar-refractivity contribution in [2.24, 2.45) is 5.92 Å². The molecule has 3 rings (SSSR count). The number of carbonyl (C=O) groups excluding carboxylic acids is 1. The van der Waals surface area contributed by atoms with Crippen LogP contribution in [0.4, 0.5) is 5.13 Å². The average molecular weight is 377 g/mol. The number of anilines is 1. The van der Waals surface area contributed by atoms with Crippen molar-refractivity contribution < 1.29 is 9.53 Å². The fraction of sp³-hybridized carbons (Fsp3) is 0.294. The quantitative estimate of drug-likeness (QED) is 0.704. The summed E-state index contributed by atoms with van der Waals surface area (Å²) >= 11 is 7.52. The molecular formula is C17H17ClN4O2S. The fourth-order valence-corrected chi connectivity index (χ4v) is 3.45. The van der Waals surface area contributed by atoms with E-state index in [2.05, 4.69) is 34.3 Å². The minimum absolute atomic E-state index is 0.146. The number of halogens is 1. The van der Waals surface area contributed by atoms with E-state index < -0.39 is 0 Å². The number of pyridine rings is 1. The van der Waals surface area contributed by atoms with Crippen molar-refractivity contribution >= 4 is 44.9 Å². The molecule has 0 saturated carbocycles. The van der Waals surface area contributed by atoms with E-state index in [1.807, 2.05) is 6.07 Å². The van der Waals surface area contributed by atoms with E-state index in [0.717, 1.165) is 16.8 Å². The number of benzene rings is 1. The van der Waals surface area contributed by atoms with Crippen LogP contribution >= 0.6 is 22.9 Å². The molecule has 0 atom stereocenters. The van der Waals surface area contributed by atoms with Gasteiger partial charge >= 0.3 is 0 Å². The van der Waals surface area contributed by atoms with Gasteiger partial charge in [-0.1, -0.05) is 36.8 Å². The van der Waals surface area contributed by atoms with Crippen molar-refractivity contribution in [1.29, 1.82) is 0 Å². The molecule has 130 valence electrons. The molecule has 1 N–H and O–H groups in total. The van der Waals surface area contributed by atoms with E-state index >= 15 is 0 Å². The molecule has 6 nitrogen and oxygen atoms in total. The molecule has 2 aromatic heterocycles. The van der Waals surface area contributed by atoms with Crippen LogP contribution in [0.3, 0.4) is 0 Å². The van der Waals surface area contributed by atoms with Crippen molar-refractivity contribution in [3.05, 3.63) is 40.5 Å². The molecule has 25 heavy (non-hydrogen) atoms. The molecule has 3 aromatic rings. The maximum Gasteiger partial charge on any atom is 0.264 e. The molecule has 8 heteroatoms. The summed E-state index contributed by atoms with van der Waals surface area (Å²) in [4.78, 5) is 16.3. The topological polar surface area (TPSA) is 77.0 Å². The van der Waals surface area contributed by atoms with E-state index in [9.17, 15) is 4.79 Å². The maximum absolute atomic E-state index is 12.1. The highest BCUT2D eigenvalue weighted by atomic mass is 35.5. The predicted molar refractivity (Wildman–Crippen MR) is 99.3 cm³/mol. The van der Waals surface area contributed by atoms with Crippen LogP contribution in [0, 0.1) is 5.92 Å². The lowest BCUT2D eigenvalue weighted by Crippen LogP contribution is -2.20. The van der Waals surface area contributed by atoms with Crippen LogP contribution < -0.4 is 10.1 Å². The summed E-state index contributed by atoms with van der Waals surface area (Å²) in [6, 6.07) is 7.09. The number of aromatic nitrogens is 3. The zero-order valence-electron chi connectivity index (χ0n) is 13.8. The van der Waals surface area contributed by atoms with E-state index in [4.69, 9.17) is 16.3 Å². The Labute approximate surface area is 154 Å². The molecule has 0 unspecified atom stereocenters. The standard InChI is InChI=1S/C17H17ClN4O2S/c1-10(2)8-15-21-22-17(25-15)20-14(23)9-24-13-6-5-12(18)11-4-3-7-19-16(11)13/h3-7,10H,8-9H2,1-2H3,(H,20,22,23). The van der Waals surface area contributed by atoms with Gasteiger partial charge in [0.05, 0.1) is 5.02 Å². The lowest BCUT2D eigenvalue weighted by Gasteiger charge is -2.09. The maximum atomic E-state index is 12.1. The molecule has 0 aliphatic rings. The first-order chi connectivity index (χ1) is 12.0. The zero-order chi connectivity index (χ0) is 17.8. The first-order valence-corrected chi connectivity index (χ1v) is 9.00. The molecular weight excluding hydrogens is 360 g/mol. The van der Waals surface area contributed by atoms with Crippen molar-refractivity contribution in [2.75, 3.05) is 11.9 Å². The van der Waals surface area contributed by atoms with Gasteiger partial charge in [-0.25, -0.2) is 0 Å². The average Bonchev–Trinajstić information content (AvgIpc) is 3.00. The third-order valence-corrected chi connectivity index (χ3v) is 4.52. The largest absolute Gasteiger partial charge is 0.481 e. The number of ether oxygens (including phenoxy) is 1. The summed E-state index contributed by atoms with van der Waals surface area (Å²) in [6.07, 6.45) is 2.50. The molecule has 0 fully saturated rings. The Morgan fingerprint density at radius 1 is 1.32 bits per heavy atom. The molecule has 1 amide bonds. The number of nitrogens with one attached hydrogen (secondary N) is 1. The number of rotatable bonds is 6. The summed E-state index contributed by atoms with van der Waals surface area (Å²) in [5.41, 5.74) is 0.623. The summed E-state index contributed by atoms with van der Waals surface area (Å²) in [7, 11) is 0. The van der Waals surface area contributed by atoms with Gasteiger partial charge in [0.1, 0.15) is 16.3 Å². The van der Waals surface area contributed by atoms with E-state index in [1.54, 1.807) is 24.4 Å². The van der Waals surface area contributed by atoms with Gasteiger partial charge in [0.15, 0.2) is 6.61 Å². The number of hydrogen-bond acceptors (Lipinski definition) is 6. The number of carbonyl (C=O) groups is 1. The Morgan fingerprint density at radius 3 is 2.96 bits per heavy atom. The second-order valence-electron chi connectivity index (χ2n) is 5.88. The normalized spacial score (nSPS) is 11.0. The third kappa shape index (κ3) is 4.43. The lowest BCUT2D eigenvalue weighted by molar-refractivity contribution is -0.118. The Morgan fingerprint density at radius 2 is 2.16 bits per heavy atom. The molecule has 0 radical (unpaired) electrons. The van der Waals surface area contributed by atoms with Crippen LogP contribution in [-0.4, -0.2) is 27.7 Å². The summed E-state index contributed by atoms with van der Waals surface area (Å²) in [6.45, 7) is 4.07. The number of amides is 1.